The monoisotopic (exact) mass is 406 g/mol. The second kappa shape index (κ2) is 7.85. The molecule has 0 saturated heterocycles. The summed E-state index contributed by atoms with van der Waals surface area (Å²) in [6, 6.07) is 20.5. The molecule has 29 heavy (non-hydrogen) atoms. The van der Waals surface area contributed by atoms with Crippen LogP contribution in [0.25, 0.3) is 17.1 Å². The third-order valence-corrected chi connectivity index (χ3v) is 4.49. The molecular formula is C22H16ClFN4O. The molecule has 0 unspecified atom stereocenters. The van der Waals surface area contributed by atoms with Crippen LogP contribution in [0.5, 0.6) is 0 Å². The van der Waals surface area contributed by atoms with Crippen molar-refractivity contribution in [2.75, 3.05) is 5.32 Å². The number of hydrogen-bond donors (Lipinski definition) is 1. The lowest BCUT2D eigenvalue weighted by Gasteiger charge is -2.06. The van der Waals surface area contributed by atoms with Crippen LogP contribution in [0.4, 0.5) is 10.1 Å². The molecule has 1 N–H and O–H groups in total. The molecule has 3 aromatic carbocycles. The predicted molar refractivity (Wildman–Crippen MR) is 111 cm³/mol. The SMILES string of the molecule is Cc1cccc(-n2nc(C(=O)Nc3cccc(F)c3)nc2-c2ccc(Cl)cc2)c1. The zero-order chi connectivity index (χ0) is 20.4. The van der Waals surface area contributed by atoms with E-state index in [1.54, 1.807) is 22.9 Å². The number of rotatable bonds is 4. The Kier molecular flexibility index (Phi) is 5.10. The number of halogens is 2. The first-order valence-electron chi connectivity index (χ1n) is 8.86. The number of anilines is 1. The minimum absolute atomic E-state index is 0.0271. The standard InChI is InChI=1S/C22H16ClFN4O/c1-14-4-2-7-19(12-14)28-21(15-8-10-16(23)11-9-15)26-20(27-28)22(29)25-18-6-3-5-17(24)13-18/h2-13H,1H3,(H,25,29). The van der Waals surface area contributed by atoms with Gasteiger partial charge in [-0.05, 0) is 67.1 Å². The molecule has 0 aliphatic carbocycles. The van der Waals surface area contributed by atoms with Crippen LogP contribution >= 0.6 is 11.6 Å². The number of nitrogens with one attached hydrogen (secondary N) is 1. The average Bonchev–Trinajstić information content (AvgIpc) is 3.14. The van der Waals surface area contributed by atoms with Gasteiger partial charge in [0.1, 0.15) is 5.82 Å². The van der Waals surface area contributed by atoms with Crippen LogP contribution < -0.4 is 5.32 Å². The molecule has 1 heterocycles. The van der Waals surface area contributed by atoms with Crippen molar-refractivity contribution < 1.29 is 9.18 Å². The summed E-state index contributed by atoms with van der Waals surface area (Å²) in [7, 11) is 0. The number of benzene rings is 3. The first kappa shape index (κ1) is 18.8. The first-order chi connectivity index (χ1) is 14.0. The fourth-order valence-electron chi connectivity index (χ4n) is 2.89. The van der Waals surface area contributed by atoms with Crippen molar-refractivity contribution in [3.63, 3.8) is 0 Å². The summed E-state index contributed by atoms with van der Waals surface area (Å²) >= 11 is 6.00. The molecule has 0 spiro atoms. The number of carbonyl (C=O) groups excluding carboxylic acids is 1. The van der Waals surface area contributed by atoms with Gasteiger partial charge in [0.15, 0.2) is 5.82 Å². The summed E-state index contributed by atoms with van der Waals surface area (Å²) in [5.74, 6) is -0.502. The van der Waals surface area contributed by atoms with E-state index < -0.39 is 11.7 Å². The van der Waals surface area contributed by atoms with Crippen molar-refractivity contribution in [2.24, 2.45) is 0 Å². The molecule has 4 aromatic rings. The Morgan fingerprint density at radius 2 is 1.79 bits per heavy atom. The van der Waals surface area contributed by atoms with E-state index in [1.165, 1.54) is 18.2 Å². The molecule has 1 aromatic heterocycles. The number of nitrogens with zero attached hydrogens (tertiary/aromatic N) is 3. The molecule has 0 radical (unpaired) electrons. The Bertz CT molecular complexity index is 1190. The lowest BCUT2D eigenvalue weighted by molar-refractivity contribution is 0.101. The Balaban J connectivity index is 1.76. The van der Waals surface area contributed by atoms with Crippen LogP contribution in [0.3, 0.4) is 0 Å². The maximum atomic E-state index is 13.4. The van der Waals surface area contributed by atoms with E-state index in [9.17, 15) is 9.18 Å². The Morgan fingerprint density at radius 3 is 2.52 bits per heavy atom. The molecular weight excluding hydrogens is 391 g/mol. The summed E-state index contributed by atoms with van der Waals surface area (Å²) in [5, 5.41) is 7.63. The molecule has 0 atom stereocenters. The van der Waals surface area contributed by atoms with Crippen molar-refractivity contribution in [1.82, 2.24) is 14.8 Å². The summed E-state index contributed by atoms with van der Waals surface area (Å²) in [5.41, 5.74) is 2.90. The topological polar surface area (TPSA) is 59.8 Å². The first-order valence-corrected chi connectivity index (χ1v) is 9.24. The molecule has 144 valence electrons. The number of carbonyl (C=O) groups is 1. The van der Waals surface area contributed by atoms with Gasteiger partial charge in [-0.2, -0.15) is 0 Å². The van der Waals surface area contributed by atoms with E-state index in [1.807, 2.05) is 43.3 Å². The van der Waals surface area contributed by atoms with Gasteiger partial charge in [-0.15, -0.1) is 5.10 Å². The van der Waals surface area contributed by atoms with E-state index in [0.29, 0.717) is 16.5 Å². The number of amides is 1. The van der Waals surface area contributed by atoms with Crippen molar-refractivity contribution in [2.45, 2.75) is 6.92 Å². The number of hydrogen-bond acceptors (Lipinski definition) is 3. The maximum absolute atomic E-state index is 13.4. The molecule has 5 nitrogen and oxygen atoms in total. The smallest absolute Gasteiger partial charge is 0.295 e. The fourth-order valence-corrected chi connectivity index (χ4v) is 3.01. The highest BCUT2D eigenvalue weighted by Gasteiger charge is 2.19. The molecule has 0 aliphatic heterocycles. The van der Waals surface area contributed by atoms with E-state index >= 15 is 0 Å². The van der Waals surface area contributed by atoms with Crippen LogP contribution in [-0.2, 0) is 0 Å². The minimum Gasteiger partial charge on any atom is -0.319 e. The highest BCUT2D eigenvalue weighted by molar-refractivity contribution is 6.30. The third kappa shape index (κ3) is 4.17. The van der Waals surface area contributed by atoms with Crippen molar-refractivity contribution in [3.8, 4) is 17.1 Å². The Hall–Kier alpha value is -3.51. The van der Waals surface area contributed by atoms with Gasteiger partial charge >= 0.3 is 0 Å². The van der Waals surface area contributed by atoms with Crippen LogP contribution in [0.2, 0.25) is 5.02 Å². The van der Waals surface area contributed by atoms with E-state index in [0.717, 1.165) is 16.8 Å². The molecule has 0 bridgehead atoms. The minimum atomic E-state index is -0.530. The van der Waals surface area contributed by atoms with Gasteiger partial charge in [-0.3, -0.25) is 4.79 Å². The molecule has 0 fully saturated rings. The fraction of sp³-hybridized carbons (Fsp3) is 0.0455. The third-order valence-electron chi connectivity index (χ3n) is 4.24. The number of aromatic nitrogens is 3. The zero-order valence-electron chi connectivity index (χ0n) is 15.4. The molecule has 0 aliphatic rings. The highest BCUT2D eigenvalue weighted by atomic mass is 35.5. The van der Waals surface area contributed by atoms with Gasteiger partial charge in [0.2, 0.25) is 5.82 Å². The van der Waals surface area contributed by atoms with E-state index in [-0.39, 0.29) is 5.82 Å². The lowest BCUT2D eigenvalue weighted by atomic mass is 10.2. The summed E-state index contributed by atoms with van der Waals surface area (Å²) in [4.78, 5) is 17.1. The second-order valence-corrected chi connectivity index (χ2v) is 6.92. The van der Waals surface area contributed by atoms with Gasteiger partial charge in [0.05, 0.1) is 5.69 Å². The Labute approximate surface area is 171 Å². The normalized spacial score (nSPS) is 10.7. The van der Waals surface area contributed by atoms with Gasteiger partial charge in [0, 0.05) is 16.3 Å². The van der Waals surface area contributed by atoms with Gasteiger partial charge in [0.25, 0.3) is 5.91 Å². The molecule has 0 saturated carbocycles. The maximum Gasteiger partial charge on any atom is 0.295 e. The Morgan fingerprint density at radius 1 is 1.03 bits per heavy atom. The molecule has 7 heteroatoms. The van der Waals surface area contributed by atoms with Crippen LogP contribution in [0.1, 0.15) is 16.2 Å². The molecule has 1 amide bonds. The second-order valence-electron chi connectivity index (χ2n) is 6.48. The van der Waals surface area contributed by atoms with E-state index in [2.05, 4.69) is 15.4 Å². The van der Waals surface area contributed by atoms with Crippen molar-refractivity contribution >= 4 is 23.2 Å². The van der Waals surface area contributed by atoms with Crippen LogP contribution in [-0.4, -0.2) is 20.7 Å². The zero-order valence-corrected chi connectivity index (χ0v) is 16.2. The van der Waals surface area contributed by atoms with Gasteiger partial charge in [-0.1, -0.05) is 29.8 Å². The predicted octanol–water partition coefficient (Wildman–Crippen LogP) is 5.29. The lowest BCUT2D eigenvalue weighted by Crippen LogP contribution is -2.14. The summed E-state index contributed by atoms with van der Waals surface area (Å²) in [6.07, 6.45) is 0. The summed E-state index contributed by atoms with van der Waals surface area (Å²) in [6.45, 7) is 1.97. The van der Waals surface area contributed by atoms with Gasteiger partial charge in [-0.25, -0.2) is 14.1 Å². The average molecular weight is 407 g/mol. The van der Waals surface area contributed by atoms with Gasteiger partial charge < -0.3 is 5.32 Å². The van der Waals surface area contributed by atoms with E-state index in [4.69, 9.17) is 11.6 Å². The van der Waals surface area contributed by atoms with Crippen molar-refractivity contribution in [3.05, 3.63) is 95.0 Å². The van der Waals surface area contributed by atoms with Crippen molar-refractivity contribution in [1.29, 1.82) is 0 Å². The quantitative estimate of drug-likeness (QED) is 0.501. The molecule has 4 rings (SSSR count). The summed E-state index contributed by atoms with van der Waals surface area (Å²) < 4.78 is 15.0. The largest absolute Gasteiger partial charge is 0.319 e. The van der Waals surface area contributed by atoms with Crippen LogP contribution in [0.15, 0.2) is 72.8 Å². The van der Waals surface area contributed by atoms with Crippen LogP contribution in [0, 0.1) is 12.7 Å². The number of aryl methyl sites for hydroxylation is 1. The highest BCUT2D eigenvalue weighted by Crippen LogP contribution is 2.24.